The predicted octanol–water partition coefficient (Wildman–Crippen LogP) is 1.16. The van der Waals surface area contributed by atoms with Crippen molar-refractivity contribution in [2.75, 3.05) is 32.8 Å². The van der Waals surface area contributed by atoms with Crippen molar-refractivity contribution in [2.24, 2.45) is 11.8 Å². The molecule has 1 fully saturated rings. The molecule has 0 aromatic heterocycles. The molecule has 1 unspecified atom stereocenters. The first kappa shape index (κ1) is 14.5. The summed E-state index contributed by atoms with van der Waals surface area (Å²) in [6.45, 7) is 8.60. The van der Waals surface area contributed by atoms with Gasteiger partial charge in [-0.15, -0.1) is 0 Å². The largest absolute Gasteiger partial charge is 0.381 e. The first-order valence-electron chi connectivity index (χ1n) is 6.73. The number of ether oxygens (including phenoxy) is 1. The summed E-state index contributed by atoms with van der Waals surface area (Å²) in [6, 6.07) is 0. The first-order valence-corrected chi connectivity index (χ1v) is 6.73. The van der Waals surface area contributed by atoms with Gasteiger partial charge in [-0.05, 0) is 37.8 Å². The average Bonchev–Trinajstić information content (AvgIpc) is 2.75. The van der Waals surface area contributed by atoms with Crippen LogP contribution >= 0.6 is 0 Å². The van der Waals surface area contributed by atoms with Gasteiger partial charge in [-0.1, -0.05) is 13.8 Å². The summed E-state index contributed by atoms with van der Waals surface area (Å²) < 4.78 is 5.45. The molecule has 1 rings (SSSR count). The molecule has 1 saturated heterocycles. The fourth-order valence-corrected chi connectivity index (χ4v) is 1.94. The van der Waals surface area contributed by atoms with Crippen LogP contribution in [-0.4, -0.2) is 38.8 Å². The van der Waals surface area contributed by atoms with Gasteiger partial charge in [0.15, 0.2) is 0 Å². The van der Waals surface area contributed by atoms with Crippen LogP contribution in [0.25, 0.3) is 0 Å². The molecule has 17 heavy (non-hydrogen) atoms. The molecule has 1 amide bonds. The third-order valence-corrected chi connectivity index (χ3v) is 2.88. The Labute approximate surface area is 104 Å². The van der Waals surface area contributed by atoms with Gasteiger partial charge < -0.3 is 15.4 Å². The molecular weight excluding hydrogens is 216 g/mol. The molecule has 1 atom stereocenters. The second kappa shape index (κ2) is 8.48. The van der Waals surface area contributed by atoms with Gasteiger partial charge in [0, 0.05) is 26.2 Å². The second-order valence-corrected chi connectivity index (χ2v) is 5.24. The minimum atomic E-state index is 0.183. The van der Waals surface area contributed by atoms with Crippen LogP contribution in [-0.2, 0) is 9.53 Å². The van der Waals surface area contributed by atoms with Crippen LogP contribution in [0.1, 0.15) is 33.1 Å². The summed E-state index contributed by atoms with van der Waals surface area (Å²) in [5, 5.41) is 6.22. The molecule has 4 heteroatoms. The number of nitrogens with one attached hydrogen (secondary N) is 2. The molecule has 1 aliphatic heterocycles. The van der Waals surface area contributed by atoms with Crippen LogP contribution in [0, 0.1) is 11.8 Å². The van der Waals surface area contributed by atoms with E-state index < -0.39 is 0 Å². The minimum Gasteiger partial charge on any atom is -0.381 e. The highest BCUT2D eigenvalue weighted by Gasteiger charge is 2.17. The van der Waals surface area contributed by atoms with Gasteiger partial charge in [0.2, 0.25) is 5.91 Å². The van der Waals surface area contributed by atoms with E-state index in [0.717, 1.165) is 45.7 Å². The van der Waals surface area contributed by atoms with E-state index in [9.17, 15) is 4.79 Å². The molecule has 0 aliphatic carbocycles. The smallest absolute Gasteiger partial charge is 0.220 e. The monoisotopic (exact) mass is 242 g/mol. The number of carbonyl (C=O) groups excluding carboxylic acids is 1. The van der Waals surface area contributed by atoms with E-state index in [-0.39, 0.29) is 5.91 Å². The fourth-order valence-electron chi connectivity index (χ4n) is 1.94. The third-order valence-electron chi connectivity index (χ3n) is 2.88. The SMILES string of the molecule is CC(C)COCCCNC(=O)CC1CCNC1. The van der Waals surface area contributed by atoms with Crippen molar-refractivity contribution in [2.45, 2.75) is 33.1 Å². The lowest BCUT2D eigenvalue weighted by atomic mass is 10.0. The van der Waals surface area contributed by atoms with Crippen molar-refractivity contribution in [1.82, 2.24) is 10.6 Å². The van der Waals surface area contributed by atoms with Crippen LogP contribution in [0.3, 0.4) is 0 Å². The number of hydrogen-bond acceptors (Lipinski definition) is 3. The number of rotatable bonds is 8. The number of hydrogen-bond donors (Lipinski definition) is 2. The molecule has 100 valence electrons. The van der Waals surface area contributed by atoms with Gasteiger partial charge in [-0.3, -0.25) is 4.79 Å². The summed E-state index contributed by atoms with van der Waals surface area (Å²) in [6.07, 6.45) is 2.70. The molecular formula is C13H26N2O2. The van der Waals surface area contributed by atoms with Crippen molar-refractivity contribution in [3.8, 4) is 0 Å². The van der Waals surface area contributed by atoms with Gasteiger partial charge in [0.25, 0.3) is 0 Å². The topological polar surface area (TPSA) is 50.4 Å². The Balaban J connectivity index is 1.89. The van der Waals surface area contributed by atoms with Crippen molar-refractivity contribution in [1.29, 1.82) is 0 Å². The molecule has 4 nitrogen and oxygen atoms in total. The van der Waals surface area contributed by atoms with Crippen LogP contribution in [0.15, 0.2) is 0 Å². The van der Waals surface area contributed by atoms with E-state index in [4.69, 9.17) is 4.74 Å². The summed E-state index contributed by atoms with van der Waals surface area (Å²) in [5.41, 5.74) is 0. The van der Waals surface area contributed by atoms with E-state index in [1.54, 1.807) is 0 Å². The van der Waals surface area contributed by atoms with E-state index >= 15 is 0 Å². The molecule has 2 N–H and O–H groups in total. The number of carbonyl (C=O) groups is 1. The maximum atomic E-state index is 11.6. The normalized spacial score (nSPS) is 19.8. The van der Waals surface area contributed by atoms with Gasteiger partial charge in [-0.2, -0.15) is 0 Å². The highest BCUT2D eigenvalue weighted by molar-refractivity contribution is 5.76. The van der Waals surface area contributed by atoms with Gasteiger partial charge >= 0.3 is 0 Å². The zero-order valence-corrected chi connectivity index (χ0v) is 11.1. The Morgan fingerprint density at radius 1 is 1.53 bits per heavy atom. The molecule has 0 aromatic carbocycles. The minimum absolute atomic E-state index is 0.183. The highest BCUT2D eigenvalue weighted by atomic mass is 16.5. The molecule has 0 saturated carbocycles. The van der Waals surface area contributed by atoms with Crippen molar-refractivity contribution >= 4 is 5.91 Å². The van der Waals surface area contributed by atoms with E-state index in [2.05, 4.69) is 24.5 Å². The van der Waals surface area contributed by atoms with Crippen molar-refractivity contribution < 1.29 is 9.53 Å². The predicted molar refractivity (Wildman–Crippen MR) is 68.9 cm³/mol. The summed E-state index contributed by atoms with van der Waals surface area (Å²) in [5.74, 6) is 1.30. The molecule has 0 radical (unpaired) electrons. The molecule has 0 bridgehead atoms. The summed E-state index contributed by atoms with van der Waals surface area (Å²) in [7, 11) is 0. The summed E-state index contributed by atoms with van der Waals surface area (Å²) >= 11 is 0. The van der Waals surface area contributed by atoms with E-state index in [1.165, 1.54) is 0 Å². The second-order valence-electron chi connectivity index (χ2n) is 5.24. The van der Waals surface area contributed by atoms with Gasteiger partial charge in [0.05, 0.1) is 0 Å². The standard InChI is InChI=1S/C13H26N2O2/c1-11(2)10-17-7-3-5-15-13(16)8-12-4-6-14-9-12/h11-12,14H,3-10H2,1-2H3,(H,15,16). The van der Waals surface area contributed by atoms with E-state index in [0.29, 0.717) is 18.3 Å². The average molecular weight is 242 g/mol. The molecule has 0 spiro atoms. The Morgan fingerprint density at radius 2 is 2.35 bits per heavy atom. The summed E-state index contributed by atoms with van der Waals surface area (Å²) in [4.78, 5) is 11.6. The van der Waals surface area contributed by atoms with Crippen LogP contribution in [0.4, 0.5) is 0 Å². The lowest BCUT2D eigenvalue weighted by molar-refractivity contribution is -0.121. The quantitative estimate of drug-likeness (QED) is 0.628. The zero-order chi connectivity index (χ0) is 12.5. The first-order chi connectivity index (χ1) is 8.18. The van der Waals surface area contributed by atoms with E-state index in [1.807, 2.05) is 0 Å². The van der Waals surface area contributed by atoms with Crippen LogP contribution in [0.2, 0.25) is 0 Å². The molecule has 1 heterocycles. The van der Waals surface area contributed by atoms with Gasteiger partial charge in [0.1, 0.15) is 0 Å². The van der Waals surface area contributed by atoms with Crippen molar-refractivity contribution in [3.05, 3.63) is 0 Å². The third kappa shape index (κ3) is 7.34. The Morgan fingerprint density at radius 3 is 3.00 bits per heavy atom. The highest BCUT2D eigenvalue weighted by Crippen LogP contribution is 2.11. The fraction of sp³-hybridized carbons (Fsp3) is 0.923. The molecule has 0 aromatic rings. The zero-order valence-electron chi connectivity index (χ0n) is 11.1. The van der Waals surface area contributed by atoms with Crippen LogP contribution < -0.4 is 10.6 Å². The molecule has 1 aliphatic rings. The maximum absolute atomic E-state index is 11.6. The number of amides is 1. The maximum Gasteiger partial charge on any atom is 0.220 e. The lowest BCUT2D eigenvalue weighted by Crippen LogP contribution is -2.27. The Kier molecular flexibility index (Phi) is 7.21. The lowest BCUT2D eigenvalue weighted by Gasteiger charge is -2.10. The Bertz CT molecular complexity index is 213. The van der Waals surface area contributed by atoms with Crippen molar-refractivity contribution in [3.63, 3.8) is 0 Å². The van der Waals surface area contributed by atoms with Crippen LogP contribution in [0.5, 0.6) is 0 Å². The Hall–Kier alpha value is -0.610. The van der Waals surface area contributed by atoms with Gasteiger partial charge in [-0.25, -0.2) is 0 Å².